The fraction of sp³-hybridized carbons (Fsp3) is 1.00. The molecule has 2 rings (SSSR count). The highest BCUT2D eigenvalue weighted by molar-refractivity contribution is 4.97. The molecule has 1 saturated carbocycles. The van der Waals surface area contributed by atoms with Crippen molar-refractivity contribution in [3.05, 3.63) is 0 Å². The van der Waals surface area contributed by atoms with E-state index in [9.17, 15) is 4.39 Å². The fourth-order valence-electron chi connectivity index (χ4n) is 2.22. The monoisotopic (exact) mass is 187 g/mol. The van der Waals surface area contributed by atoms with Gasteiger partial charge in [0.1, 0.15) is 6.17 Å². The Morgan fingerprint density at radius 1 is 1.54 bits per heavy atom. The molecule has 0 aromatic rings. The third kappa shape index (κ3) is 1.86. The molecule has 2 nitrogen and oxygen atoms in total. The Morgan fingerprint density at radius 2 is 2.31 bits per heavy atom. The van der Waals surface area contributed by atoms with Crippen LogP contribution in [0.4, 0.5) is 4.39 Å². The van der Waals surface area contributed by atoms with Crippen LogP contribution in [0.2, 0.25) is 0 Å². The maximum atomic E-state index is 13.3. The topological polar surface area (TPSA) is 23.5 Å². The van der Waals surface area contributed by atoms with E-state index >= 15 is 0 Å². The molecule has 76 valence electrons. The second-order valence-electron chi connectivity index (χ2n) is 4.52. The number of aliphatic hydroxyl groups excluding tert-OH is 1. The van der Waals surface area contributed by atoms with Gasteiger partial charge in [-0.3, -0.25) is 4.90 Å². The average Bonchev–Trinajstić information content (AvgIpc) is 2.88. The van der Waals surface area contributed by atoms with Gasteiger partial charge in [-0.1, -0.05) is 6.92 Å². The zero-order chi connectivity index (χ0) is 9.42. The minimum Gasteiger partial charge on any atom is -0.396 e. The van der Waals surface area contributed by atoms with E-state index in [0.717, 1.165) is 19.4 Å². The Balaban J connectivity index is 1.83. The van der Waals surface area contributed by atoms with Crippen LogP contribution in [-0.2, 0) is 0 Å². The Morgan fingerprint density at radius 3 is 2.85 bits per heavy atom. The van der Waals surface area contributed by atoms with Gasteiger partial charge in [-0.05, 0) is 31.2 Å². The van der Waals surface area contributed by atoms with E-state index < -0.39 is 6.17 Å². The third-order valence-electron chi connectivity index (χ3n) is 3.49. The average molecular weight is 187 g/mol. The van der Waals surface area contributed by atoms with Crippen molar-refractivity contribution in [2.24, 2.45) is 11.8 Å². The molecule has 1 N–H and O–H groups in total. The number of aliphatic hydroxyl groups is 1. The van der Waals surface area contributed by atoms with Crippen molar-refractivity contribution in [3.8, 4) is 0 Å². The summed E-state index contributed by atoms with van der Waals surface area (Å²) in [5, 5.41) is 8.90. The summed E-state index contributed by atoms with van der Waals surface area (Å²) in [4.78, 5) is 2.21. The summed E-state index contributed by atoms with van der Waals surface area (Å²) in [6, 6.07) is 0.482. The Hall–Kier alpha value is -0.150. The number of halogens is 1. The molecule has 1 heterocycles. The van der Waals surface area contributed by atoms with Crippen LogP contribution in [0.3, 0.4) is 0 Å². The molecule has 4 unspecified atom stereocenters. The summed E-state index contributed by atoms with van der Waals surface area (Å²) in [6.45, 7) is 3.86. The fourth-order valence-corrected chi connectivity index (χ4v) is 2.22. The van der Waals surface area contributed by atoms with E-state index in [-0.39, 0.29) is 12.5 Å². The summed E-state index contributed by atoms with van der Waals surface area (Å²) >= 11 is 0. The van der Waals surface area contributed by atoms with Gasteiger partial charge >= 0.3 is 0 Å². The molecule has 1 aliphatic heterocycles. The highest BCUT2D eigenvalue weighted by Gasteiger charge is 2.43. The first-order chi connectivity index (χ1) is 6.22. The summed E-state index contributed by atoms with van der Waals surface area (Å²) in [5.74, 6) is 0.656. The second-order valence-corrected chi connectivity index (χ2v) is 4.52. The zero-order valence-electron chi connectivity index (χ0n) is 8.12. The van der Waals surface area contributed by atoms with Crippen molar-refractivity contribution in [2.45, 2.75) is 32.0 Å². The molecule has 3 heteroatoms. The van der Waals surface area contributed by atoms with E-state index in [0.29, 0.717) is 18.5 Å². The summed E-state index contributed by atoms with van der Waals surface area (Å²) < 4.78 is 13.3. The molecule has 2 fully saturated rings. The quantitative estimate of drug-likeness (QED) is 0.698. The lowest BCUT2D eigenvalue weighted by atomic mass is 9.97. The minimum atomic E-state index is -0.659. The minimum absolute atomic E-state index is 0.225. The number of alkyl halides is 1. The van der Waals surface area contributed by atoms with Gasteiger partial charge in [0, 0.05) is 19.2 Å². The maximum Gasteiger partial charge on any atom is 0.115 e. The van der Waals surface area contributed by atoms with Crippen LogP contribution < -0.4 is 0 Å². The zero-order valence-corrected chi connectivity index (χ0v) is 8.12. The smallest absolute Gasteiger partial charge is 0.115 e. The number of hydrogen-bond donors (Lipinski definition) is 1. The second kappa shape index (κ2) is 3.54. The number of likely N-dealkylation sites (tertiary alicyclic amines) is 1. The van der Waals surface area contributed by atoms with Gasteiger partial charge in [0.25, 0.3) is 0 Å². The molecule has 2 aliphatic rings. The molecular weight excluding hydrogens is 169 g/mol. The summed E-state index contributed by atoms with van der Waals surface area (Å²) in [5.41, 5.74) is 0. The first-order valence-electron chi connectivity index (χ1n) is 5.21. The number of nitrogens with zero attached hydrogens (tertiary/aromatic N) is 1. The molecule has 1 saturated heterocycles. The SMILES string of the molecule is CC1CCN(C2CC2CO)CC1F. The Bertz CT molecular complexity index is 188. The van der Waals surface area contributed by atoms with E-state index in [1.807, 2.05) is 6.92 Å². The molecule has 13 heavy (non-hydrogen) atoms. The van der Waals surface area contributed by atoms with E-state index in [2.05, 4.69) is 4.90 Å². The van der Waals surface area contributed by atoms with Crippen LogP contribution in [0.25, 0.3) is 0 Å². The third-order valence-corrected chi connectivity index (χ3v) is 3.49. The van der Waals surface area contributed by atoms with Crippen LogP contribution in [0.1, 0.15) is 19.8 Å². The molecule has 0 amide bonds. The van der Waals surface area contributed by atoms with E-state index in [1.54, 1.807) is 0 Å². The van der Waals surface area contributed by atoms with Crippen molar-refractivity contribution < 1.29 is 9.50 Å². The van der Waals surface area contributed by atoms with Gasteiger partial charge in [0.15, 0.2) is 0 Å². The van der Waals surface area contributed by atoms with Crippen molar-refractivity contribution >= 4 is 0 Å². The van der Waals surface area contributed by atoms with E-state index in [1.165, 1.54) is 0 Å². The first kappa shape index (κ1) is 9.41. The lowest BCUT2D eigenvalue weighted by Gasteiger charge is -2.33. The predicted octanol–water partition coefficient (Wildman–Crippen LogP) is 1.05. The lowest BCUT2D eigenvalue weighted by Crippen LogP contribution is -2.42. The first-order valence-corrected chi connectivity index (χ1v) is 5.21. The van der Waals surface area contributed by atoms with Crippen molar-refractivity contribution in [2.75, 3.05) is 19.7 Å². The highest BCUT2D eigenvalue weighted by atomic mass is 19.1. The molecule has 0 aromatic heterocycles. The highest BCUT2D eigenvalue weighted by Crippen LogP contribution is 2.37. The van der Waals surface area contributed by atoms with Crippen LogP contribution in [0.15, 0.2) is 0 Å². The molecule has 0 spiro atoms. The molecule has 4 atom stereocenters. The normalized spacial score (nSPS) is 46.4. The van der Waals surface area contributed by atoms with Crippen molar-refractivity contribution in [1.29, 1.82) is 0 Å². The van der Waals surface area contributed by atoms with E-state index in [4.69, 9.17) is 5.11 Å². The largest absolute Gasteiger partial charge is 0.396 e. The van der Waals surface area contributed by atoms with Crippen LogP contribution in [0, 0.1) is 11.8 Å². The predicted molar refractivity (Wildman–Crippen MR) is 49.2 cm³/mol. The molecule has 1 aliphatic carbocycles. The van der Waals surface area contributed by atoms with Gasteiger partial charge in [0.2, 0.25) is 0 Å². The molecule has 0 radical (unpaired) electrons. The van der Waals surface area contributed by atoms with Gasteiger partial charge in [-0.2, -0.15) is 0 Å². The summed E-state index contributed by atoms with van der Waals surface area (Å²) in [7, 11) is 0. The van der Waals surface area contributed by atoms with Crippen LogP contribution in [0.5, 0.6) is 0 Å². The summed E-state index contributed by atoms with van der Waals surface area (Å²) in [6.07, 6.45) is 1.38. The number of hydrogen-bond acceptors (Lipinski definition) is 2. The lowest BCUT2D eigenvalue weighted by molar-refractivity contribution is 0.0812. The van der Waals surface area contributed by atoms with Gasteiger partial charge in [-0.15, -0.1) is 0 Å². The van der Waals surface area contributed by atoms with Gasteiger partial charge in [0.05, 0.1) is 0 Å². The Kier molecular flexibility index (Phi) is 2.56. The maximum absolute atomic E-state index is 13.3. The van der Waals surface area contributed by atoms with Gasteiger partial charge in [-0.25, -0.2) is 4.39 Å². The molecule has 0 aromatic carbocycles. The molecular formula is C10H18FNO. The van der Waals surface area contributed by atoms with Crippen LogP contribution in [-0.4, -0.2) is 41.9 Å². The number of rotatable bonds is 2. The Labute approximate surface area is 78.7 Å². The van der Waals surface area contributed by atoms with Crippen molar-refractivity contribution in [3.63, 3.8) is 0 Å². The van der Waals surface area contributed by atoms with Crippen LogP contribution >= 0.6 is 0 Å². The number of piperidine rings is 1. The molecule has 0 bridgehead atoms. The van der Waals surface area contributed by atoms with Crippen molar-refractivity contribution in [1.82, 2.24) is 4.90 Å². The van der Waals surface area contributed by atoms with Gasteiger partial charge < -0.3 is 5.11 Å². The standard InChI is InChI=1S/C10H18FNO/c1-7-2-3-12(5-9(7)11)10-4-8(10)6-13/h7-10,13H,2-6H2,1H3.